The number of aldehydes is 1. The van der Waals surface area contributed by atoms with Crippen LogP contribution in [0.2, 0.25) is 0 Å². The summed E-state index contributed by atoms with van der Waals surface area (Å²) in [5.41, 5.74) is -0.186. The van der Waals surface area contributed by atoms with Crippen LogP contribution < -0.4 is 0 Å². The van der Waals surface area contributed by atoms with E-state index in [9.17, 15) is 9.90 Å². The Balaban J connectivity index is 2.38. The molecule has 2 saturated carbocycles. The monoisotopic (exact) mass is 252 g/mol. The van der Waals surface area contributed by atoms with E-state index in [2.05, 4.69) is 20.8 Å². The van der Waals surface area contributed by atoms with Crippen LogP contribution in [0.5, 0.6) is 0 Å². The summed E-state index contributed by atoms with van der Waals surface area (Å²) in [5, 5.41) is 10.7. The van der Waals surface area contributed by atoms with Crippen LogP contribution in [0, 0.1) is 22.7 Å². The normalized spacial score (nSPS) is 47.4. The van der Waals surface area contributed by atoms with E-state index in [-0.39, 0.29) is 11.3 Å². The largest absolute Gasteiger partial charge is 0.390 e. The summed E-state index contributed by atoms with van der Waals surface area (Å²) < 4.78 is 0. The maximum absolute atomic E-state index is 11.0. The molecule has 2 aliphatic rings. The van der Waals surface area contributed by atoms with Gasteiger partial charge in [-0.3, -0.25) is 0 Å². The Morgan fingerprint density at radius 3 is 2.44 bits per heavy atom. The van der Waals surface area contributed by atoms with Crippen molar-refractivity contribution in [3.63, 3.8) is 0 Å². The number of carbonyl (C=O) groups excluding carboxylic acids is 1. The van der Waals surface area contributed by atoms with E-state index in [0.29, 0.717) is 17.8 Å². The molecule has 2 rings (SSSR count). The van der Waals surface area contributed by atoms with Gasteiger partial charge in [0.15, 0.2) is 0 Å². The third-order valence-corrected chi connectivity index (χ3v) is 6.09. The van der Waals surface area contributed by atoms with E-state index in [1.807, 2.05) is 6.92 Å². The van der Waals surface area contributed by atoms with Crippen LogP contribution in [-0.2, 0) is 4.79 Å². The van der Waals surface area contributed by atoms with Crippen molar-refractivity contribution in [3.05, 3.63) is 0 Å². The fourth-order valence-electron chi connectivity index (χ4n) is 5.24. The average molecular weight is 252 g/mol. The predicted octanol–water partition coefficient (Wildman–Crippen LogP) is 3.57. The summed E-state index contributed by atoms with van der Waals surface area (Å²) >= 11 is 0. The SMILES string of the molecule is CC1(C)CCC[C@@]2(C)C1CC[C@@](C)(O)[C@@H]2CC=O. The molecule has 18 heavy (non-hydrogen) atoms. The Morgan fingerprint density at radius 1 is 1.17 bits per heavy atom. The van der Waals surface area contributed by atoms with Gasteiger partial charge in [-0.15, -0.1) is 0 Å². The molecular weight excluding hydrogens is 224 g/mol. The Morgan fingerprint density at radius 2 is 1.83 bits per heavy atom. The highest BCUT2D eigenvalue weighted by atomic mass is 16.3. The van der Waals surface area contributed by atoms with Gasteiger partial charge < -0.3 is 9.90 Å². The molecule has 2 heteroatoms. The van der Waals surface area contributed by atoms with Crippen LogP contribution >= 0.6 is 0 Å². The molecule has 0 radical (unpaired) electrons. The average Bonchev–Trinajstić information content (AvgIpc) is 2.22. The van der Waals surface area contributed by atoms with Crippen LogP contribution in [0.1, 0.15) is 66.2 Å². The van der Waals surface area contributed by atoms with Crippen molar-refractivity contribution in [1.82, 2.24) is 0 Å². The zero-order valence-electron chi connectivity index (χ0n) is 12.3. The molecule has 0 aliphatic heterocycles. The summed E-state index contributed by atoms with van der Waals surface area (Å²) in [5.74, 6) is 0.768. The minimum Gasteiger partial charge on any atom is -0.390 e. The van der Waals surface area contributed by atoms with Gasteiger partial charge in [0.25, 0.3) is 0 Å². The van der Waals surface area contributed by atoms with Gasteiger partial charge in [-0.2, -0.15) is 0 Å². The quantitative estimate of drug-likeness (QED) is 0.763. The lowest BCUT2D eigenvalue weighted by Gasteiger charge is -2.61. The predicted molar refractivity (Wildman–Crippen MR) is 73.3 cm³/mol. The van der Waals surface area contributed by atoms with E-state index in [1.54, 1.807) is 0 Å². The molecule has 0 aromatic rings. The lowest BCUT2D eigenvalue weighted by Crippen LogP contribution is -2.57. The molecule has 0 heterocycles. The minimum absolute atomic E-state index is 0.126. The number of carbonyl (C=O) groups is 1. The molecule has 0 amide bonds. The van der Waals surface area contributed by atoms with Gasteiger partial charge in [0.2, 0.25) is 0 Å². The highest BCUT2D eigenvalue weighted by Gasteiger charge is 2.57. The molecule has 0 aromatic carbocycles. The van der Waals surface area contributed by atoms with Gasteiger partial charge in [0.05, 0.1) is 5.60 Å². The van der Waals surface area contributed by atoms with Crippen molar-refractivity contribution in [2.24, 2.45) is 22.7 Å². The number of aliphatic hydroxyl groups is 1. The molecule has 1 unspecified atom stereocenters. The summed E-state index contributed by atoms with van der Waals surface area (Å²) in [6, 6.07) is 0. The molecule has 0 aromatic heterocycles. The zero-order valence-corrected chi connectivity index (χ0v) is 12.3. The summed E-state index contributed by atoms with van der Waals surface area (Å²) in [4.78, 5) is 11.0. The first-order chi connectivity index (χ1) is 8.24. The number of rotatable bonds is 2. The van der Waals surface area contributed by atoms with E-state index in [4.69, 9.17) is 0 Å². The first kappa shape index (κ1) is 14.0. The third-order valence-electron chi connectivity index (χ3n) is 6.09. The number of hydrogen-bond donors (Lipinski definition) is 1. The van der Waals surface area contributed by atoms with E-state index in [0.717, 1.165) is 25.5 Å². The van der Waals surface area contributed by atoms with Gasteiger partial charge in [-0.1, -0.05) is 27.2 Å². The van der Waals surface area contributed by atoms with Gasteiger partial charge in [-0.05, 0) is 55.3 Å². The number of hydrogen-bond acceptors (Lipinski definition) is 2. The highest BCUT2D eigenvalue weighted by Crippen LogP contribution is 2.62. The van der Waals surface area contributed by atoms with Crippen molar-refractivity contribution >= 4 is 6.29 Å². The Hall–Kier alpha value is -0.370. The van der Waals surface area contributed by atoms with E-state index in [1.165, 1.54) is 12.8 Å². The van der Waals surface area contributed by atoms with Crippen LogP contribution in [0.25, 0.3) is 0 Å². The van der Waals surface area contributed by atoms with E-state index < -0.39 is 5.60 Å². The second kappa shape index (κ2) is 4.33. The maximum Gasteiger partial charge on any atom is 0.120 e. The van der Waals surface area contributed by atoms with Gasteiger partial charge >= 0.3 is 0 Å². The summed E-state index contributed by atoms with van der Waals surface area (Å²) in [6.07, 6.45) is 7.13. The first-order valence-electron chi connectivity index (χ1n) is 7.40. The third kappa shape index (κ3) is 2.03. The molecule has 0 spiro atoms. The van der Waals surface area contributed by atoms with Crippen molar-refractivity contribution < 1.29 is 9.90 Å². The van der Waals surface area contributed by atoms with E-state index >= 15 is 0 Å². The van der Waals surface area contributed by atoms with Gasteiger partial charge in [0.1, 0.15) is 6.29 Å². The molecule has 2 aliphatic carbocycles. The Bertz CT molecular complexity index is 332. The van der Waals surface area contributed by atoms with Gasteiger partial charge in [-0.25, -0.2) is 0 Å². The number of fused-ring (bicyclic) bond motifs is 1. The van der Waals surface area contributed by atoms with Crippen LogP contribution in [0.4, 0.5) is 0 Å². The molecule has 1 N–H and O–H groups in total. The zero-order chi connectivity index (χ0) is 13.6. The summed E-state index contributed by atoms with van der Waals surface area (Å²) in [6.45, 7) is 8.99. The Labute approximate surface area is 111 Å². The molecular formula is C16H28O2. The first-order valence-corrected chi connectivity index (χ1v) is 7.40. The molecule has 2 nitrogen and oxygen atoms in total. The molecule has 2 fully saturated rings. The maximum atomic E-state index is 11.0. The van der Waals surface area contributed by atoms with Crippen molar-refractivity contribution in [2.45, 2.75) is 71.8 Å². The lowest BCUT2D eigenvalue weighted by molar-refractivity contribution is -0.169. The van der Waals surface area contributed by atoms with Crippen molar-refractivity contribution in [1.29, 1.82) is 0 Å². The summed E-state index contributed by atoms with van der Waals surface area (Å²) in [7, 11) is 0. The standard InChI is InChI=1S/C16H28O2/c1-14(2)8-5-9-15(3)12(14)6-10-16(4,18)13(15)7-11-17/h11-13,18H,5-10H2,1-4H3/t12?,13-,15+,16-/m1/s1. The second-order valence-electron chi connectivity index (χ2n) is 7.75. The van der Waals surface area contributed by atoms with Crippen LogP contribution in [-0.4, -0.2) is 17.0 Å². The highest BCUT2D eigenvalue weighted by molar-refractivity contribution is 5.50. The molecule has 104 valence electrons. The topological polar surface area (TPSA) is 37.3 Å². The smallest absolute Gasteiger partial charge is 0.120 e. The fraction of sp³-hybridized carbons (Fsp3) is 0.938. The minimum atomic E-state index is -0.667. The van der Waals surface area contributed by atoms with Crippen molar-refractivity contribution in [3.8, 4) is 0 Å². The second-order valence-corrected chi connectivity index (χ2v) is 7.75. The molecule has 0 saturated heterocycles. The van der Waals surface area contributed by atoms with Crippen LogP contribution in [0.15, 0.2) is 0 Å². The fourth-order valence-corrected chi connectivity index (χ4v) is 5.24. The van der Waals surface area contributed by atoms with Crippen LogP contribution in [0.3, 0.4) is 0 Å². The Kier molecular flexibility index (Phi) is 3.38. The molecule has 0 bridgehead atoms. The molecule has 4 atom stereocenters. The van der Waals surface area contributed by atoms with Crippen molar-refractivity contribution in [2.75, 3.05) is 0 Å². The van der Waals surface area contributed by atoms with Gasteiger partial charge in [0, 0.05) is 6.42 Å². The lowest BCUT2D eigenvalue weighted by atomic mass is 9.45.